The molecule has 1 aromatic heterocycles. The molecule has 0 saturated carbocycles. The van der Waals surface area contributed by atoms with Gasteiger partial charge in [-0.05, 0) is 25.2 Å². The average Bonchev–Trinajstić information content (AvgIpc) is 3.02. The minimum absolute atomic E-state index is 0.0155. The van der Waals surface area contributed by atoms with E-state index in [0.29, 0.717) is 31.4 Å². The molecule has 0 aliphatic carbocycles. The lowest BCUT2D eigenvalue weighted by Crippen LogP contribution is -2.52. The predicted molar refractivity (Wildman–Crippen MR) is 95.7 cm³/mol. The number of hydrogen-bond donors (Lipinski definition) is 1. The summed E-state index contributed by atoms with van der Waals surface area (Å²) in [5, 5.41) is 7.09. The van der Waals surface area contributed by atoms with Crippen molar-refractivity contribution in [3.63, 3.8) is 0 Å². The highest BCUT2D eigenvalue weighted by molar-refractivity contribution is 5.75. The number of urea groups is 1. The van der Waals surface area contributed by atoms with E-state index in [1.165, 1.54) is 0 Å². The third-order valence-electron chi connectivity index (χ3n) is 5.28. The van der Waals surface area contributed by atoms with Crippen molar-refractivity contribution in [2.45, 2.75) is 51.9 Å². The van der Waals surface area contributed by atoms with Crippen LogP contribution in [0.15, 0.2) is 4.52 Å². The smallest absolute Gasteiger partial charge is 0.317 e. The highest BCUT2D eigenvalue weighted by Gasteiger charge is 2.36. The monoisotopic (exact) mass is 363 g/mol. The van der Waals surface area contributed by atoms with Gasteiger partial charge in [-0.25, -0.2) is 4.79 Å². The van der Waals surface area contributed by atoms with Crippen LogP contribution >= 0.6 is 0 Å². The first kappa shape index (κ1) is 18.7. The second kappa shape index (κ2) is 8.05. The maximum absolute atomic E-state index is 12.0. The molecular weight excluding hydrogens is 334 g/mol. The van der Waals surface area contributed by atoms with Crippen LogP contribution in [0.4, 0.5) is 4.79 Å². The van der Waals surface area contributed by atoms with E-state index in [1.807, 2.05) is 4.90 Å². The van der Waals surface area contributed by atoms with Gasteiger partial charge in [0.25, 0.3) is 0 Å². The minimum atomic E-state index is -0.0155. The first-order valence-corrected chi connectivity index (χ1v) is 9.55. The van der Waals surface area contributed by atoms with Crippen LogP contribution in [0.1, 0.15) is 63.6 Å². The molecule has 2 aliphatic heterocycles. The van der Waals surface area contributed by atoms with E-state index in [2.05, 4.69) is 29.3 Å². The molecule has 2 aliphatic rings. The van der Waals surface area contributed by atoms with E-state index in [4.69, 9.17) is 4.52 Å². The quantitative estimate of drug-likeness (QED) is 0.863. The normalized spacial score (nSPS) is 18.9. The summed E-state index contributed by atoms with van der Waals surface area (Å²) < 4.78 is 5.44. The number of carbonyl (C=O) groups is 2. The first-order chi connectivity index (χ1) is 12.4. The molecule has 26 heavy (non-hydrogen) atoms. The fourth-order valence-electron chi connectivity index (χ4n) is 3.41. The van der Waals surface area contributed by atoms with E-state index in [0.717, 1.165) is 38.2 Å². The Hall–Kier alpha value is -2.12. The number of piperidine rings is 1. The molecule has 0 spiro atoms. The molecule has 144 valence electrons. The van der Waals surface area contributed by atoms with Crippen molar-refractivity contribution in [2.75, 3.05) is 32.7 Å². The molecule has 1 aromatic rings. The van der Waals surface area contributed by atoms with Crippen LogP contribution in [0.5, 0.6) is 0 Å². The fourth-order valence-corrected chi connectivity index (χ4v) is 3.41. The van der Waals surface area contributed by atoms with Gasteiger partial charge in [-0.1, -0.05) is 19.0 Å². The van der Waals surface area contributed by atoms with Crippen LogP contribution < -0.4 is 5.32 Å². The van der Waals surface area contributed by atoms with Crippen LogP contribution in [0, 0.1) is 5.92 Å². The highest BCUT2D eigenvalue weighted by Crippen LogP contribution is 2.30. The molecule has 0 aromatic carbocycles. The van der Waals surface area contributed by atoms with Gasteiger partial charge in [-0.2, -0.15) is 4.98 Å². The third kappa shape index (κ3) is 4.34. The molecule has 8 nitrogen and oxygen atoms in total. The SMILES string of the molecule is CC(=O)N1CCC(c2noc(C3CN(C(=O)NCCC(C)C)C3)n2)CC1. The summed E-state index contributed by atoms with van der Waals surface area (Å²) in [6, 6.07) is -0.0155. The number of hydrogen-bond acceptors (Lipinski definition) is 5. The van der Waals surface area contributed by atoms with Crippen molar-refractivity contribution in [1.29, 1.82) is 0 Å². The van der Waals surface area contributed by atoms with Crippen LogP contribution in [0.3, 0.4) is 0 Å². The minimum Gasteiger partial charge on any atom is -0.343 e. The highest BCUT2D eigenvalue weighted by atomic mass is 16.5. The van der Waals surface area contributed by atoms with Gasteiger partial charge in [0.1, 0.15) is 0 Å². The molecule has 3 heterocycles. The molecule has 3 rings (SSSR count). The largest absolute Gasteiger partial charge is 0.343 e. The lowest BCUT2D eigenvalue weighted by Gasteiger charge is -2.37. The van der Waals surface area contributed by atoms with Gasteiger partial charge >= 0.3 is 6.03 Å². The van der Waals surface area contributed by atoms with Gasteiger partial charge in [-0.15, -0.1) is 0 Å². The Morgan fingerprint density at radius 3 is 2.50 bits per heavy atom. The van der Waals surface area contributed by atoms with E-state index in [1.54, 1.807) is 11.8 Å². The lowest BCUT2D eigenvalue weighted by atomic mass is 9.96. The van der Waals surface area contributed by atoms with Crippen LogP contribution in [-0.2, 0) is 4.79 Å². The number of rotatable bonds is 5. The van der Waals surface area contributed by atoms with Gasteiger partial charge in [0, 0.05) is 45.6 Å². The number of nitrogens with zero attached hydrogens (tertiary/aromatic N) is 4. The molecule has 0 bridgehead atoms. The Labute approximate surface area is 154 Å². The van der Waals surface area contributed by atoms with Gasteiger partial charge in [-0.3, -0.25) is 4.79 Å². The summed E-state index contributed by atoms with van der Waals surface area (Å²) in [5.41, 5.74) is 0. The predicted octanol–water partition coefficient (Wildman–Crippen LogP) is 1.95. The number of carbonyl (C=O) groups excluding carboxylic acids is 2. The van der Waals surface area contributed by atoms with Gasteiger partial charge < -0.3 is 19.6 Å². The van der Waals surface area contributed by atoms with Gasteiger partial charge in [0.05, 0.1) is 5.92 Å². The van der Waals surface area contributed by atoms with Crippen LogP contribution in [-0.4, -0.2) is 64.6 Å². The molecule has 1 N–H and O–H groups in total. The standard InChI is InChI=1S/C18H29N5O3/c1-12(2)4-7-19-18(25)23-10-15(11-23)17-20-16(21-26-17)14-5-8-22(9-6-14)13(3)24/h12,14-15H,4-11H2,1-3H3,(H,19,25). The lowest BCUT2D eigenvalue weighted by molar-refractivity contribution is -0.129. The molecule has 2 fully saturated rings. The number of likely N-dealkylation sites (tertiary alicyclic amines) is 2. The maximum atomic E-state index is 12.0. The van der Waals surface area contributed by atoms with Crippen LogP contribution in [0.25, 0.3) is 0 Å². The topological polar surface area (TPSA) is 91.6 Å². The fraction of sp³-hybridized carbons (Fsp3) is 0.778. The van der Waals surface area contributed by atoms with Crippen molar-refractivity contribution < 1.29 is 14.1 Å². The zero-order valence-electron chi connectivity index (χ0n) is 15.9. The van der Waals surface area contributed by atoms with Crippen molar-refractivity contribution in [1.82, 2.24) is 25.3 Å². The maximum Gasteiger partial charge on any atom is 0.317 e. The van der Waals surface area contributed by atoms with Gasteiger partial charge in [0.2, 0.25) is 11.8 Å². The van der Waals surface area contributed by atoms with E-state index in [-0.39, 0.29) is 23.8 Å². The Morgan fingerprint density at radius 2 is 1.88 bits per heavy atom. The third-order valence-corrected chi connectivity index (χ3v) is 5.28. The molecular formula is C18H29N5O3. The second-order valence-electron chi connectivity index (χ2n) is 7.79. The average molecular weight is 363 g/mol. The number of nitrogens with one attached hydrogen (secondary N) is 1. The Balaban J connectivity index is 1.44. The van der Waals surface area contributed by atoms with Crippen molar-refractivity contribution >= 4 is 11.9 Å². The van der Waals surface area contributed by atoms with E-state index < -0.39 is 0 Å². The molecule has 0 radical (unpaired) electrons. The van der Waals surface area contributed by atoms with Crippen molar-refractivity contribution in [2.24, 2.45) is 5.92 Å². The molecule has 0 unspecified atom stereocenters. The summed E-state index contributed by atoms with van der Waals surface area (Å²) >= 11 is 0. The van der Waals surface area contributed by atoms with Crippen molar-refractivity contribution in [3.05, 3.63) is 11.7 Å². The molecule has 0 atom stereocenters. The molecule has 8 heteroatoms. The Kier molecular flexibility index (Phi) is 5.78. The Bertz CT molecular complexity index is 631. The van der Waals surface area contributed by atoms with E-state index >= 15 is 0 Å². The second-order valence-corrected chi connectivity index (χ2v) is 7.79. The molecule has 2 saturated heterocycles. The van der Waals surface area contributed by atoms with Crippen LogP contribution in [0.2, 0.25) is 0 Å². The van der Waals surface area contributed by atoms with Gasteiger partial charge in [0.15, 0.2) is 5.82 Å². The van der Waals surface area contributed by atoms with E-state index in [9.17, 15) is 9.59 Å². The zero-order valence-corrected chi connectivity index (χ0v) is 15.9. The number of amides is 3. The summed E-state index contributed by atoms with van der Waals surface area (Å²) in [5.74, 6) is 2.45. The summed E-state index contributed by atoms with van der Waals surface area (Å²) in [6.45, 7) is 9.34. The summed E-state index contributed by atoms with van der Waals surface area (Å²) in [7, 11) is 0. The Morgan fingerprint density at radius 1 is 1.19 bits per heavy atom. The summed E-state index contributed by atoms with van der Waals surface area (Å²) in [4.78, 5) is 31.6. The first-order valence-electron chi connectivity index (χ1n) is 9.55. The van der Waals surface area contributed by atoms with Crippen molar-refractivity contribution in [3.8, 4) is 0 Å². The number of aromatic nitrogens is 2. The zero-order chi connectivity index (χ0) is 18.7. The molecule has 3 amide bonds. The summed E-state index contributed by atoms with van der Waals surface area (Å²) in [6.07, 6.45) is 2.72.